The summed E-state index contributed by atoms with van der Waals surface area (Å²) in [5.74, 6) is 2.08. The lowest BCUT2D eigenvalue weighted by molar-refractivity contribution is -0.136. The Bertz CT molecular complexity index is 774. The number of likely N-dealkylation sites (tertiary alicyclic amines) is 2. The van der Waals surface area contributed by atoms with Gasteiger partial charge in [-0.25, -0.2) is 4.98 Å². The molecule has 0 aliphatic carbocycles. The van der Waals surface area contributed by atoms with Gasteiger partial charge >= 0.3 is 0 Å². The van der Waals surface area contributed by atoms with Crippen LogP contribution in [-0.2, 0) is 17.8 Å². The molecule has 0 bridgehead atoms. The Morgan fingerprint density at radius 2 is 1.96 bits per heavy atom. The number of aromatic nitrogens is 2. The van der Waals surface area contributed by atoms with Crippen molar-refractivity contribution in [3.8, 4) is 0 Å². The van der Waals surface area contributed by atoms with Crippen LogP contribution in [0.25, 0.3) is 0 Å². The number of fused-ring (bicyclic) bond motifs is 1. The van der Waals surface area contributed by atoms with E-state index in [-0.39, 0.29) is 17.4 Å². The first kappa shape index (κ1) is 19.6. The van der Waals surface area contributed by atoms with Gasteiger partial charge in [0, 0.05) is 44.1 Å². The molecule has 3 atom stereocenters. The molecule has 6 nitrogen and oxygen atoms in total. The van der Waals surface area contributed by atoms with Crippen molar-refractivity contribution >= 4 is 5.91 Å². The molecule has 4 heterocycles. The predicted octanol–water partition coefficient (Wildman–Crippen LogP) is 2.41. The molecule has 0 spiro atoms. The molecule has 3 aliphatic rings. The largest absolute Gasteiger partial charge is 0.339 e. The van der Waals surface area contributed by atoms with Gasteiger partial charge in [0.2, 0.25) is 5.91 Å². The number of carbonyl (C=O) groups is 1. The maximum atomic E-state index is 12.9. The number of piperidine rings is 1. The molecule has 0 unspecified atom stereocenters. The molecule has 0 radical (unpaired) electrons. The highest BCUT2D eigenvalue weighted by Crippen LogP contribution is 2.27. The standard InChI is InChI=1S/C22H34N4O2/c1-16-7-6-11-25(17(16)2)22(28)15-24-12-9-18(14-24)19-13-21(27)26-10-5-3-4-8-20(26)23-19/h13,16-18H,3-12,14-15H2,1-2H3/t16-,17+,18-/m1/s1. The summed E-state index contributed by atoms with van der Waals surface area (Å²) >= 11 is 0. The van der Waals surface area contributed by atoms with Gasteiger partial charge in [-0.15, -0.1) is 0 Å². The number of nitrogens with zero attached hydrogens (tertiary/aromatic N) is 4. The SMILES string of the molecule is C[C@@H]1CCCN(C(=O)CN2CC[C@@H](c3cc(=O)n4c(n3)CCCCC4)C2)[C@H]1C. The second-order valence-electron chi connectivity index (χ2n) is 9.07. The normalized spacial score (nSPS) is 28.8. The highest BCUT2D eigenvalue weighted by molar-refractivity contribution is 5.78. The molecule has 1 aromatic rings. The molecule has 0 saturated carbocycles. The Balaban J connectivity index is 1.40. The second kappa shape index (κ2) is 8.36. The summed E-state index contributed by atoms with van der Waals surface area (Å²) in [5.41, 5.74) is 1.04. The second-order valence-corrected chi connectivity index (χ2v) is 9.07. The Morgan fingerprint density at radius 1 is 1.11 bits per heavy atom. The van der Waals surface area contributed by atoms with Gasteiger partial charge in [0.1, 0.15) is 5.82 Å². The molecule has 1 aromatic heterocycles. The zero-order chi connectivity index (χ0) is 19.7. The van der Waals surface area contributed by atoms with Crippen LogP contribution in [-0.4, -0.2) is 57.5 Å². The number of hydrogen-bond donors (Lipinski definition) is 0. The smallest absolute Gasteiger partial charge is 0.253 e. The van der Waals surface area contributed by atoms with Crippen LogP contribution in [0.15, 0.2) is 10.9 Å². The number of carbonyl (C=O) groups excluding carboxylic acids is 1. The summed E-state index contributed by atoms with van der Waals surface area (Å²) in [6.07, 6.45) is 7.58. The maximum absolute atomic E-state index is 12.9. The van der Waals surface area contributed by atoms with Crippen LogP contribution in [0.3, 0.4) is 0 Å². The number of aryl methyl sites for hydroxylation is 1. The van der Waals surface area contributed by atoms with Gasteiger partial charge in [0.25, 0.3) is 5.56 Å². The van der Waals surface area contributed by atoms with Crippen LogP contribution in [0.5, 0.6) is 0 Å². The summed E-state index contributed by atoms with van der Waals surface area (Å²) < 4.78 is 1.87. The number of rotatable bonds is 3. The van der Waals surface area contributed by atoms with Crippen LogP contribution in [0.1, 0.15) is 69.8 Å². The molecule has 2 saturated heterocycles. The fourth-order valence-corrected chi connectivity index (χ4v) is 5.13. The van der Waals surface area contributed by atoms with E-state index >= 15 is 0 Å². The van der Waals surface area contributed by atoms with Crippen LogP contribution >= 0.6 is 0 Å². The van der Waals surface area contributed by atoms with Gasteiger partial charge < -0.3 is 4.90 Å². The van der Waals surface area contributed by atoms with Gasteiger partial charge in [-0.3, -0.25) is 19.1 Å². The van der Waals surface area contributed by atoms with Crippen molar-refractivity contribution in [3.63, 3.8) is 0 Å². The molecule has 3 aliphatic heterocycles. The van der Waals surface area contributed by atoms with Crippen molar-refractivity contribution in [2.75, 3.05) is 26.2 Å². The third-order valence-electron chi connectivity index (χ3n) is 7.13. The molecule has 2 fully saturated rings. The summed E-state index contributed by atoms with van der Waals surface area (Å²) in [6, 6.07) is 2.09. The van der Waals surface area contributed by atoms with Crippen molar-refractivity contribution in [1.29, 1.82) is 0 Å². The molecule has 4 rings (SSSR count). The van der Waals surface area contributed by atoms with Gasteiger partial charge in [0.15, 0.2) is 0 Å². The van der Waals surface area contributed by atoms with E-state index in [2.05, 4.69) is 23.6 Å². The van der Waals surface area contributed by atoms with E-state index in [0.717, 1.165) is 69.8 Å². The highest BCUT2D eigenvalue weighted by atomic mass is 16.2. The molecule has 0 aromatic carbocycles. The minimum Gasteiger partial charge on any atom is -0.339 e. The summed E-state index contributed by atoms with van der Waals surface area (Å²) in [7, 11) is 0. The number of hydrogen-bond acceptors (Lipinski definition) is 4. The Hall–Kier alpha value is -1.69. The van der Waals surface area contributed by atoms with Crippen LogP contribution < -0.4 is 5.56 Å². The van der Waals surface area contributed by atoms with E-state index in [0.29, 0.717) is 18.5 Å². The minimum atomic E-state index is 0.104. The van der Waals surface area contributed by atoms with Crippen molar-refractivity contribution in [2.45, 2.75) is 77.3 Å². The first-order valence-corrected chi connectivity index (χ1v) is 11.2. The molecule has 28 heavy (non-hydrogen) atoms. The third-order valence-corrected chi connectivity index (χ3v) is 7.13. The highest BCUT2D eigenvalue weighted by Gasteiger charge is 2.32. The van der Waals surface area contributed by atoms with Crippen molar-refractivity contribution in [1.82, 2.24) is 19.4 Å². The van der Waals surface area contributed by atoms with Crippen molar-refractivity contribution in [2.24, 2.45) is 5.92 Å². The molecular weight excluding hydrogens is 352 g/mol. The van der Waals surface area contributed by atoms with E-state index in [1.807, 2.05) is 4.57 Å². The molecule has 0 N–H and O–H groups in total. The lowest BCUT2D eigenvalue weighted by atomic mass is 9.92. The first-order valence-electron chi connectivity index (χ1n) is 11.2. The topological polar surface area (TPSA) is 58.4 Å². The lowest BCUT2D eigenvalue weighted by Crippen LogP contribution is -2.49. The summed E-state index contributed by atoms with van der Waals surface area (Å²) in [6.45, 7) is 8.37. The number of amides is 1. The van der Waals surface area contributed by atoms with Crippen LogP contribution in [0, 0.1) is 5.92 Å². The molecular formula is C22H34N4O2. The monoisotopic (exact) mass is 386 g/mol. The van der Waals surface area contributed by atoms with E-state index < -0.39 is 0 Å². The summed E-state index contributed by atoms with van der Waals surface area (Å²) in [4.78, 5) is 34.6. The predicted molar refractivity (Wildman–Crippen MR) is 109 cm³/mol. The Morgan fingerprint density at radius 3 is 2.82 bits per heavy atom. The Kier molecular flexibility index (Phi) is 5.85. The fraction of sp³-hybridized carbons (Fsp3) is 0.773. The van der Waals surface area contributed by atoms with E-state index in [9.17, 15) is 9.59 Å². The average molecular weight is 387 g/mol. The van der Waals surface area contributed by atoms with Gasteiger partial charge in [0.05, 0.1) is 12.2 Å². The fourth-order valence-electron chi connectivity index (χ4n) is 5.13. The lowest BCUT2D eigenvalue weighted by Gasteiger charge is -2.38. The van der Waals surface area contributed by atoms with Gasteiger partial charge in [-0.1, -0.05) is 13.3 Å². The molecule has 6 heteroatoms. The average Bonchev–Trinajstić information content (AvgIpc) is 2.99. The quantitative estimate of drug-likeness (QED) is 0.800. The van der Waals surface area contributed by atoms with Crippen molar-refractivity contribution in [3.05, 3.63) is 27.9 Å². The third kappa shape index (κ3) is 4.02. The van der Waals surface area contributed by atoms with Crippen molar-refractivity contribution < 1.29 is 4.79 Å². The summed E-state index contributed by atoms with van der Waals surface area (Å²) in [5, 5.41) is 0. The zero-order valence-corrected chi connectivity index (χ0v) is 17.4. The van der Waals surface area contributed by atoms with Gasteiger partial charge in [-0.2, -0.15) is 0 Å². The molecule has 154 valence electrons. The molecule has 1 amide bonds. The van der Waals surface area contributed by atoms with E-state index in [1.54, 1.807) is 6.07 Å². The minimum absolute atomic E-state index is 0.104. The van der Waals surface area contributed by atoms with Crippen LogP contribution in [0.4, 0.5) is 0 Å². The Labute approximate surface area is 167 Å². The van der Waals surface area contributed by atoms with E-state index in [4.69, 9.17) is 4.98 Å². The van der Waals surface area contributed by atoms with Gasteiger partial charge in [-0.05, 0) is 51.5 Å². The first-order chi connectivity index (χ1) is 13.5. The zero-order valence-electron chi connectivity index (χ0n) is 17.4. The van der Waals surface area contributed by atoms with Crippen LogP contribution in [0.2, 0.25) is 0 Å². The van der Waals surface area contributed by atoms with E-state index in [1.165, 1.54) is 12.8 Å². The maximum Gasteiger partial charge on any atom is 0.253 e.